The molecule has 3 nitrogen and oxygen atoms in total. The number of benzene rings is 1. The molecule has 1 saturated heterocycles. The molecule has 0 amide bonds. The fourth-order valence-electron chi connectivity index (χ4n) is 3.02. The van der Waals surface area contributed by atoms with Gasteiger partial charge in [0.2, 0.25) is 0 Å². The first-order chi connectivity index (χ1) is 8.69. The van der Waals surface area contributed by atoms with Crippen LogP contribution in [0.4, 0.5) is 5.69 Å². The van der Waals surface area contributed by atoms with Crippen molar-refractivity contribution in [2.45, 2.75) is 32.7 Å². The van der Waals surface area contributed by atoms with Gasteiger partial charge in [0.25, 0.3) is 0 Å². The number of hydrogen-bond donors (Lipinski definition) is 1. The number of nitriles is 1. The van der Waals surface area contributed by atoms with E-state index in [0.717, 1.165) is 17.8 Å². The second-order valence-corrected chi connectivity index (χ2v) is 5.20. The topological polar surface area (TPSA) is 53.0 Å². The Morgan fingerprint density at radius 1 is 1.50 bits per heavy atom. The Morgan fingerprint density at radius 3 is 2.94 bits per heavy atom. The summed E-state index contributed by atoms with van der Waals surface area (Å²) in [5.74, 6) is 0.592. The van der Waals surface area contributed by atoms with Gasteiger partial charge in [0.15, 0.2) is 0 Å². The van der Waals surface area contributed by atoms with Crippen molar-refractivity contribution in [3.63, 3.8) is 0 Å². The van der Waals surface area contributed by atoms with Crippen LogP contribution in [0.2, 0.25) is 0 Å². The van der Waals surface area contributed by atoms with Gasteiger partial charge < -0.3 is 10.6 Å². The lowest BCUT2D eigenvalue weighted by atomic mass is 9.89. The average Bonchev–Trinajstić information content (AvgIpc) is 2.38. The van der Waals surface area contributed by atoms with E-state index in [1.165, 1.54) is 18.4 Å². The number of nitrogens with zero attached hydrogens (tertiary/aromatic N) is 2. The van der Waals surface area contributed by atoms with E-state index in [9.17, 15) is 5.26 Å². The van der Waals surface area contributed by atoms with Crippen LogP contribution in [-0.2, 0) is 0 Å². The SMILES string of the molecule is Cc1cccc(C#N)c1N1CCCC(C)C1CN. The second kappa shape index (κ2) is 5.41. The van der Waals surface area contributed by atoms with Crippen LogP contribution >= 0.6 is 0 Å². The Kier molecular flexibility index (Phi) is 3.88. The first kappa shape index (κ1) is 12.9. The number of aryl methyl sites for hydroxylation is 1. The number of rotatable bonds is 2. The molecule has 0 bridgehead atoms. The van der Waals surface area contributed by atoms with Crippen molar-refractivity contribution in [2.24, 2.45) is 11.7 Å². The lowest BCUT2D eigenvalue weighted by Crippen LogP contribution is -2.49. The average molecular weight is 243 g/mol. The summed E-state index contributed by atoms with van der Waals surface area (Å²) in [4.78, 5) is 2.35. The summed E-state index contributed by atoms with van der Waals surface area (Å²) in [6.07, 6.45) is 2.41. The van der Waals surface area contributed by atoms with Gasteiger partial charge in [-0.1, -0.05) is 19.1 Å². The van der Waals surface area contributed by atoms with E-state index in [0.29, 0.717) is 18.5 Å². The Balaban J connectivity index is 2.44. The van der Waals surface area contributed by atoms with E-state index in [1.807, 2.05) is 12.1 Å². The maximum atomic E-state index is 9.29. The molecule has 96 valence electrons. The summed E-state index contributed by atoms with van der Waals surface area (Å²) < 4.78 is 0. The van der Waals surface area contributed by atoms with Gasteiger partial charge in [-0.05, 0) is 37.3 Å². The predicted molar refractivity (Wildman–Crippen MR) is 74.5 cm³/mol. The monoisotopic (exact) mass is 243 g/mol. The van der Waals surface area contributed by atoms with E-state index in [1.54, 1.807) is 0 Å². The second-order valence-electron chi connectivity index (χ2n) is 5.20. The predicted octanol–water partition coefficient (Wildman–Crippen LogP) is 2.43. The van der Waals surface area contributed by atoms with Crippen LogP contribution < -0.4 is 10.6 Å². The van der Waals surface area contributed by atoms with E-state index in [-0.39, 0.29) is 0 Å². The summed E-state index contributed by atoms with van der Waals surface area (Å²) in [6, 6.07) is 8.58. The minimum absolute atomic E-state index is 0.354. The highest BCUT2D eigenvalue weighted by Crippen LogP contribution is 2.32. The first-order valence-corrected chi connectivity index (χ1v) is 6.65. The molecular formula is C15H21N3. The number of piperidine rings is 1. The Bertz CT molecular complexity index is 461. The summed E-state index contributed by atoms with van der Waals surface area (Å²) in [7, 11) is 0. The molecule has 1 aliphatic heterocycles. The van der Waals surface area contributed by atoms with E-state index in [4.69, 9.17) is 5.73 Å². The van der Waals surface area contributed by atoms with Crippen LogP contribution in [0.25, 0.3) is 0 Å². The van der Waals surface area contributed by atoms with Crippen molar-refractivity contribution in [3.05, 3.63) is 29.3 Å². The fraction of sp³-hybridized carbons (Fsp3) is 0.533. The number of para-hydroxylation sites is 1. The van der Waals surface area contributed by atoms with Gasteiger partial charge in [0.1, 0.15) is 6.07 Å². The van der Waals surface area contributed by atoms with Gasteiger partial charge in [-0.15, -0.1) is 0 Å². The molecule has 3 heteroatoms. The van der Waals surface area contributed by atoms with Gasteiger partial charge in [0, 0.05) is 19.1 Å². The summed E-state index contributed by atoms with van der Waals surface area (Å²) >= 11 is 0. The first-order valence-electron chi connectivity index (χ1n) is 6.65. The molecule has 0 aromatic heterocycles. The Morgan fingerprint density at radius 2 is 2.28 bits per heavy atom. The van der Waals surface area contributed by atoms with Crippen LogP contribution in [0.15, 0.2) is 18.2 Å². The van der Waals surface area contributed by atoms with Crippen LogP contribution in [0, 0.1) is 24.2 Å². The molecule has 18 heavy (non-hydrogen) atoms. The molecule has 2 N–H and O–H groups in total. The smallest absolute Gasteiger partial charge is 0.101 e. The molecule has 2 rings (SSSR count). The molecule has 0 spiro atoms. The summed E-state index contributed by atoms with van der Waals surface area (Å²) in [5, 5.41) is 9.29. The van der Waals surface area contributed by atoms with Crippen LogP contribution in [0.5, 0.6) is 0 Å². The highest BCUT2D eigenvalue weighted by Gasteiger charge is 2.29. The molecule has 1 aromatic carbocycles. The lowest BCUT2D eigenvalue weighted by molar-refractivity contribution is 0.349. The van der Waals surface area contributed by atoms with E-state index < -0.39 is 0 Å². The number of nitrogens with two attached hydrogens (primary N) is 1. The van der Waals surface area contributed by atoms with Gasteiger partial charge in [-0.2, -0.15) is 5.26 Å². The maximum Gasteiger partial charge on any atom is 0.101 e. The number of hydrogen-bond acceptors (Lipinski definition) is 3. The fourth-order valence-corrected chi connectivity index (χ4v) is 3.02. The standard InChI is InChI=1S/C15H21N3/c1-11-6-4-8-18(14(11)10-17)15-12(2)5-3-7-13(15)9-16/h3,5,7,11,14H,4,6,8,10,17H2,1-2H3. The Labute approximate surface area is 109 Å². The van der Waals surface area contributed by atoms with Crippen molar-refractivity contribution in [1.29, 1.82) is 5.26 Å². The zero-order valence-corrected chi connectivity index (χ0v) is 11.2. The molecular weight excluding hydrogens is 222 g/mol. The van der Waals surface area contributed by atoms with Crippen molar-refractivity contribution >= 4 is 5.69 Å². The number of anilines is 1. The minimum Gasteiger partial charge on any atom is -0.366 e. The van der Waals surface area contributed by atoms with Crippen LogP contribution in [0.1, 0.15) is 30.9 Å². The molecule has 1 aromatic rings. The van der Waals surface area contributed by atoms with Gasteiger partial charge >= 0.3 is 0 Å². The third-order valence-electron chi connectivity index (χ3n) is 4.00. The third kappa shape index (κ3) is 2.21. The van der Waals surface area contributed by atoms with Gasteiger partial charge in [-0.25, -0.2) is 0 Å². The van der Waals surface area contributed by atoms with Crippen molar-refractivity contribution in [3.8, 4) is 6.07 Å². The molecule has 1 aliphatic rings. The zero-order valence-electron chi connectivity index (χ0n) is 11.2. The van der Waals surface area contributed by atoms with Gasteiger partial charge in [0.05, 0.1) is 11.3 Å². The normalized spacial score (nSPS) is 23.8. The molecule has 0 saturated carbocycles. The molecule has 1 heterocycles. The summed E-state index contributed by atoms with van der Waals surface area (Å²) in [5.41, 5.74) is 8.96. The summed E-state index contributed by atoms with van der Waals surface area (Å²) in [6.45, 7) is 5.99. The van der Waals surface area contributed by atoms with E-state index in [2.05, 4.69) is 30.9 Å². The minimum atomic E-state index is 0.354. The molecule has 2 unspecified atom stereocenters. The Hall–Kier alpha value is -1.53. The maximum absolute atomic E-state index is 9.29. The van der Waals surface area contributed by atoms with Crippen molar-refractivity contribution < 1.29 is 0 Å². The van der Waals surface area contributed by atoms with Crippen molar-refractivity contribution in [1.82, 2.24) is 0 Å². The van der Waals surface area contributed by atoms with E-state index >= 15 is 0 Å². The third-order valence-corrected chi connectivity index (χ3v) is 4.00. The highest BCUT2D eigenvalue weighted by atomic mass is 15.2. The quantitative estimate of drug-likeness (QED) is 0.868. The zero-order chi connectivity index (χ0) is 13.1. The molecule has 2 atom stereocenters. The van der Waals surface area contributed by atoms with Gasteiger partial charge in [-0.3, -0.25) is 0 Å². The molecule has 1 fully saturated rings. The molecule has 0 radical (unpaired) electrons. The van der Waals surface area contributed by atoms with Crippen LogP contribution in [0.3, 0.4) is 0 Å². The van der Waals surface area contributed by atoms with Crippen molar-refractivity contribution in [2.75, 3.05) is 18.0 Å². The highest BCUT2D eigenvalue weighted by molar-refractivity contribution is 5.64. The largest absolute Gasteiger partial charge is 0.366 e. The lowest BCUT2D eigenvalue weighted by Gasteiger charge is -2.42. The van der Waals surface area contributed by atoms with Crippen LogP contribution in [-0.4, -0.2) is 19.1 Å². The molecule has 0 aliphatic carbocycles.